The van der Waals surface area contributed by atoms with E-state index in [1.165, 1.54) is 0 Å². The second-order valence-electron chi connectivity index (χ2n) is 5.85. The van der Waals surface area contributed by atoms with Gasteiger partial charge in [-0.3, -0.25) is 4.79 Å². The van der Waals surface area contributed by atoms with E-state index in [-0.39, 0.29) is 11.7 Å². The number of halogens is 1. The standard InChI is InChI=1S/C17H20BrNO4/c1-3-11-9-17(22-6-7-23-17)10-12(16(11)20)8-14-13(18)4-5-15(19-14)21-2/h3-5,12H,6-10H2,1-2H3/b11-3+. The molecule has 0 amide bonds. The molecule has 0 bridgehead atoms. The monoisotopic (exact) mass is 381 g/mol. The van der Waals surface area contributed by atoms with Gasteiger partial charge in [0.05, 0.1) is 26.0 Å². The fourth-order valence-corrected chi connectivity index (χ4v) is 3.64. The minimum Gasteiger partial charge on any atom is -0.481 e. The molecule has 0 aromatic carbocycles. The summed E-state index contributed by atoms with van der Waals surface area (Å²) in [5.74, 6) is -0.148. The maximum atomic E-state index is 12.7. The second-order valence-corrected chi connectivity index (χ2v) is 6.70. The number of ketones is 1. The van der Waals surface area contributed by atoms with Crippen LogP contribution < -0.4 is 4.74 Å². The Morgan fingerprint density at radius 3 is 2.83 bits per heavy atom. The van der Waals surface area contributed by atoms with E-state index < -0.39 is 5.79 Å². The lowest BCUT2D eigenvalue weighted by Crippen LogP contribution is -2.42. The molecule has 2 heterocycles. The number of aromatic nitrogens is 1. The quantitative estimate of drug-likeness (QED) is 0.753. The van der Waals surface area contributed by atoms with Gasteiger partial charge < -0.3 is 14.2 Å². The van der Waals surface area contributed by atoms with E-state index in [2.05, 4.69) is 20.9 Å². The Morgan fingerprint density at radius 1 is 1.43 bits per heavy atom. The zero-order chi connectivity index (χ0) is 16.4. The maximum absolute atomic E-state index is 12.7. The van der Waals surface area contributed by atoms with Crippen molar-refractivity contribution in [2.24, 2.45) is 5.92 Å². The summed E-state index contributed by atoms with van der Waals surface area (Å²) < 4.78 is 17.7. The average Bonchev–Trinajstić information content (AvgIpc) is 3.00. The first-order chi connectivity index (χ1) is 11.1. The van der Waals surface area contributed by atoms with Gasteiger partial charge in [0.2, 0.25) is 5.88 Å². The summed E-state index contributed by atoms with van der Waals surface area (Å²) in [7, 11) is 1.58. The summed E-state index contributed by atoms with van der Waals surface area (Å²) in [4.78, 5) is 17.2. The first kappa shape index (κ1) is 16.6. The molecule has 0 radical (unpaired) electrons. The van der Waals surface area contributed by atoms with Crippen LogP contribution in [-0.2, 0) is 20.7 Å². The van der Waals surface area contributed by atoms with Crippen molar-refractivity contribution >= 4 is 21.7 Å². The predicted molar refractivity (Wildman–Crippen MR) is 88.3 cm³/mol. The van der Waals surface area contributed by atoms with Crippen LogP contribution in [0.5, 0.6) is 5.88 Å². The van der Waals surface area contributed by atoms with Crippen molar-refractivity contribution in [3.63, 3.8) is 0 Å². The lowest BCUT2D eigenvalue weighted by molar-refractivity contribution is -0.179. The highest BCUT2D eigenvalue weighted by Gasteiger charge is 2.46. The normalized spacial score (nSPS) is 25.3. The molecule has 1 saturated carbocycles. The predicted octanol–water partition coefficient (Wildman–Crippen LogP) is 3.06. The number of hydrogen-bond acceptors (Lipinski definition) is 5. The van der Waals surface area contributed by atoms with Gasteiger partial charge in [0.15, 0.2) is 11.6 Å². The Morgan fingerprint density at radius 2 is 2.17 bits per heavy atom. The van der Waals surface area contributed by atoms with Crippen LogP contribution in [-0.4, -0.2) is 36.9 Å². The highest BCUT2D eigenvalue weighted by Crippen LogP contribution is 2.41. The third-order valence-corrected chi connectivity index (χ3v) is 5.13. The lowest BCUT2D eigenvalue weighted by Gasteiger charge is -2.36. The van der Waals surface area contributed by atoms with Gasteiger partial charge in [-0.15, -0.1) is 0 Å². The molecule has 2 fully saturated rings. The first-order valence-corrected chi connectivity index (χ1v) is 8.53. The Labute approximate surface area is 144 Å². The molecular formula is C17H20BrNO4. The summed E-state index contributed by atoms with van der Waals surface area (Å²) >= 11 is 3.51. The van der Waals surface area contributed by atoms with Gasteiger partial charge in [-0.1, -0.05) is 6.08 Å². The molecule has 3 rings (SSSR count). The number of carbonyl (C=O) groups is 1. The van der Waals surface area contributed by atoms with E-state index in [0.29, 0.717) is 38.4 Å². The summed E-state index contributed by atoms with van der Waals surface area (Å²) in [5, 5.41) is 0. The molecule has 1 aromatic rings. The Kier molecular flexibility index (Phi) is 4.85. The van der Waals surface area contributed by atoms with Gasteiger partial charge in [-0.05, 0) is 34.5 Å². The molecule has 1 aliphatic carbocycles. The molecule has 2 aliphatic rings. The van der Waals surface area contributed by atoms with Crippen LogP contribution in [0, 0.1) is 5.92 Å². The molecule has 1 aliphatic heterocycles. The van der Waals surface area contributed by atoms with Gasteiger partial charge in [0.1, 0.15) is 0 Å². The fraction of sp³-hybridized carbons (Fsp3) is 0.529. The number of carbonyl (C=O) groups excluding carboxylic acids is 1. The average molecular weight is 382 g/mol. The van der Waals surface area contributed by atoms with Gasteiger partial charge in [0.25, 0.3) is 0 Å². The summed E-state index contributed by atoms with van der Waals surface area (Å²) in [5.41, 5.74) is 1.59. The Hall–Kier alpha value is -1.24. The van der Waals surface area contributed by atoms with Crippen molar-refractivity contribution in [3.05, 3.63) is 33.9 Å². The third kappa shape index (κ3) is 3.34. The topological polar surface area (TPSA) is 57.7 Å². The van der Waals surface area contributed by atoms with E-state index in [1.807, 2.05) is 19.1 Å². The molecule has 1 unspecified atom stereocenters. The number of pyridine rings is 1. The van der Waals surface area contributed by atoms with Crippen molar-refractivity contribution in [3.8, 4) is 5.88 Å². The largest absolute Gasteiger partial charge is 0.481 e. The maximum Gasteiger partial charge on any atom is 0.213 e. The first-order valence-electron chi connectivity index (χ1n) is 7.73. The lowest BCUT2D eigenvalue weighted by atomic mass is 9.78. The van der Waals surface area contributed by atoms with Crippen LogP contribution in [0.25, 0.3) is 0 Å². The van der Waals surface area contributed by atoms with Crippen molar-refractivity contribution in [1.29, 1.82) is 0 Å². The van der Waals surface area contributed by atoms with Gasteiger partial charge in [0, 0.05) is 35.7 Å². The smallest absolute Gasteiger partial charge is 0.213 e. The van der Waals surface area contributed by atoms with Gasteiger partial charge >= 0.3 is 0 Å². The second kappa shape index (κ2) is 6.71. The van der Waals surface area contributed by atoms with Crippen LogP contribution >= 0.6 is 15.9 Å². The zero-order valence-corrected chi connectivity index (χ0v) is 14.9. The van der Waals surface area contributed by atoms with Gasteiger partial charge in [-0.25, -0.2) is 4.98 Å². The minimum atomic E-state index is -0.647. The molecule has 5 nitrogen and oxygen atoms in total. The van der Waals surface area contributed by atoms with E-state index in [4.69, 9.17) is 14.2 Å². The molecule has 1 saturated heterocycles. The number of hydrogen-bond donors (Lipinski definition) is 0. The summed E-state index contributed by atoms with van der Waals surface area (Å²) in [6.07, 6.45) is 3.50. The van der Waals surface area contributed by atoms with Crippen LogP contribution in [0.3, 0.4) is 0 Å². The van der Waals surface area contributed by atoms with E-state index in [0.717, 1.165) is 15.7 Å². The minimum absolute atomic E-state index is 0.161. The summed E-state index contributed by atoms with van der Waals surface area (Å²) in [6, 6.07) is 3.68. The molecule has 6 heteroatoms. The van der Waals surface area contributed by atoms with Crippen LogP contribution in [0.4, 0.5) is 0 Å². The van der Waals surface area contributed by atoms with Gasteiger partial charge in [-0.2, -0.15) is 0 Å². The highest BCUT2D eigenvalue weighted by atomic mass is 79.9. The van der Waals surface area contributed by atoms with Crippen LogP contribution in [0.1, 0.15) is 25.5 Å². The fourth-order valence-electron chi connectivity index (χ4n) is 3.26. The number of methoxy groups -OCH3 is 1. The molecule has 0 N–H and O–H groups in total. The van der Waals surface area contributed by atoms with Crippen molar-refractivity contribution < 1.29 is 19.0 Å². The van der Waals surface area contributed by atoms with E-state index in [1.54, 1.807) is 13.2 Å². The van der Waals surface area contributed by atoms with E-state index in [9.17, 15) is 4.79 Å². The molecular weight excluding hydrogens is 362 g/mol. The third-order valence-electron chi connectivity index (χ3n) is 4.41. The van der Waals surface area contributed by atoms with Crippen molar-refractivity contribution in [2.75, 3.05) is 20.3 Å². The highest BCUT2D eigenvalue weighted by molar-refractivity contribution is 9.10. The summed E-state index contributed by atoms with van der Waals surface area (Å²) in [6.45, 7) is 3.05. The van der Waals surface area contributed by atoms with Crippen LogP contribution in [0.15, 0.2) is 28.3 Å². The Bertz CT molecular complexity index is 637. The van der Waals surface area contributed by atoms with Crippen molar-refractivity contribution in [1.82, 2.24) is 4.98 Å². The molecule has 1 spiro atoms. The number of Topliss-reactive ketones (excluding diaryl/α,β-unsaturated/α-hetero) is 1. The number of rotatable bonds is 3. The number of ether oxygens (including phenoxy) is 3. The molecule has 23 heavy (non-hydrogen) atoms. The zero-order valence-electron chi connectivity index (χ0n) is 13.3. The molecule has 1 aromatic heterocycles. The number of allylic oxidation sites excluding steroid dienone is 1. The molecule has 1 atom stereocenters. The molecule has 124 valence electrons. The van der Waals surface area contributed by atoms with Crippen molar-refractivity contribution in [2.45, 2.75) is 32.0 Å². The number of nitrogens with zero attached hydrogens (tertiary/aromatic N) is 1. The van der Waals surface area contributed by atoms with Crippen LogP contribution in [0.2, 0.25) is 0 Å². The SMILES string of the molecule is C/C=C1\CC2(CC(Cc3nc(OC)ccc3Br)C1=O)OCCO2. The van der Waals surface area contributed by atoms with E-state index >= 15 is 0 Å². The Balaban J connectivity index is 1.87.